The lowest BCUT2D eigenvalue weighted by molar-refractivity contribution is 0.0697. The largest absolute Gasteiger partial charge is 0.478 e. The average molecular weight is 362 g/mol. The number of benzene rings is 2. The molecule has 1 aromatic heterocycles. The lowest BCUT2D eigenvalue weighted by Gasteiger charge is -2.16. The van der Waals surface area contributed by atoms with Crippen LogP contribution in [-0.2, 0) is 13.6 Å². The van der Waals surface area contributed by atoms with E-state index in [1.54, 1.807) is 18.5 Å². The van der Waals surface area contributed by atoms with Gasteiger partial charge in [0.25, 0.3) is 0 Å². The summed E-state index contributed by atoms with van der Waals surface area (Å²) >= 11 is 0. The van der Waals surface area contributed by atoms with Gasteiger partial charge in [-0.2, -0.15) is 0 Å². The summed E-state index contributed by atoms with van der Waals surface area (Å²) in [7, 11) is 1.99. The van der Waals surface area contributed by atoms with E-state index < -0.39 is 5.97 Å². The van der Waals surface area contributed by atoms with Gasteiger partial charge < -0.3 is 9.67 Å². The Bertz CT molecular complexity index is 949. The fourth-order valence-electron chi connectivity index (χ4n) is 3.82. The van der Waals surface area contributed by atoms with Crippen molar-refractivity contribution in [2.75, 3.05) is 13.1 Å². The number of aryl methyl sites for hydroxylation is 1. The molecule has 0 unspecified atom stereocenters. The molecule has 0 amide bonds. The second kappa shape index (κ2) is 7.32. The molecule has 6 heteroatoms. The summed E-state index contributed by atoms with van der Waals surface area (Å²) in [4.78, 5) is 13.9. The van der Waals surface area contributed by atoms with Gasteiger partial charge in [0, 0.05) is 26.1 Å². The molecule has 0 saturated carbocycles. The molecular formula is C21H22N4O2. The van der Waals surface area contributed by atoms with Crippen LogP contribution in [0.4, 0.5) is 0 Å². The first kappa shape index (κ1) is 17.4. The zero-order valence-electron chi connectivity index (χ0n) is 15.2. The Morgan fingerprint density at radius 1 is 1.19 bits per heavy atom. The highest BCUT2D eigenvalue weighted by atomic mass is 16.4. The first-order valence-electron chi connectivity index (χ1n) is 9.09. The summed E-state index contributed by atoms with van der Waals surface area (Å²) in [6.07, 6.45) is 2.85. The normalized spacial score (nSPS) is 17.3. The number of carboxylic acids is 1. The molecule has 6 nitrogen and oxygen atoms in total. The van der Waals surface area contributed by atoms with E-state index in [0.29, 0.717) is 11.5 Å². The van der Waals surface area contributed by atoms with Gasteiger partial charge in [0.15, 0.2) is 0 Å². The molecule has 2 heterocycles. The second-order valence-electron chi connectivity index (χ2n) is 7.07. The van der Waals surface area contributed by atoms with Crippen LogP contribution < -0.4 is 0 Å². The Morgan fingerprint density at radius 3 is 2.67 bits per heavy atom. The first-order chi connectivity index (χ1) is 13.1. The van der Waals surface area contributed by atoms with Crippen LogP contribution >= 0.6 is 0 Å². The van der Waals surface area contributed by atoms with Gasteiger partial charge in [0.2, 0.25) is 0 Å². The topological polar surface area (TPSA) is 71.2 Å². The zero-order valence-corrected chi connectivity index (χ0v) is 15.2. The first-order valence-corrected chi connectivity index (χ1v) is 9.09. The van der Waals surface area contributed by atoms with Crippen LogP contribution in [0.25, 0.3) is 11.1 Å². The third-order valence-electron chi connectivity index (χ3n) is 5.21. The molecule has 4 rings (SSSR count). The van der Waals surface area contributed by atoms with Crippen molar-refractivity contribution in [2.24, 2.45) is 7.05 Å². The fraction of sp³-hybridized carbons (Fsp3) is 0.286. The number of aromatic carboxylic acids is 1. The van der Waals surface area contributed by atoms with Crippen LogP contribution in [0.1, 0.15) is 34.1 Å². The van der Waals surface area contributed by atoms with Crippen molar-refractivity contribution in [2.45, 2.75) is 18.9 Å². The molecule has 3 aromatic rings. The fourth-order valence-corrected chi connectivity index (χ4v) is 3.82. The number of likely N-dealkylation sites (tertiary alicyclic amines) is 1. The number of nitrogens with zero attached hydrogens (tertiary/aromatic N) is 4. The molecule has 1 atom stereocenters. The highest BCUT2D eigenvalue weighted by molar-refractivity contribution is 5.95. The van der Waals surface area contributed by atoms with Gasteiger partial charge in [-0.25, -0.2) is 4.79 Å². The quantitative estimate of drug-likeness (QED) is 0.755. The highest BCUT2D eigenvalue weighted by Crippen LogP contribution is 2.28. The van der Waals surface area contributed by atoms with Crippen LogP contribution in [0.3, 0.4) is 0 Å². The molecule has 0 aliphatic carbocycles. The van der Waals surface area contributed by atoms with Crippen LogP contribution in [0.15, 0.2) is 54.9 Å². The molecule has 1 aliphatic rings. The van der Waals surface area contributed by atoms with Crippen molar-refractivity contribution in [1.29, 1.82) is 0 Å². The molecule has 1 saturated heterocycles. The van der Waals surface area contributed by atoms with E-state index in [0.717, 1.165) is 43.0 Å². The molecule has 2 aromatic carbocycles. The van der Waals surface area contributed by atoms with Crippen molar-refractivity contribution in [3.63, 3.8) is 0 Å². The summed E-state index contributed by atoms with van der Waals surface area (Å²) in [5.74, 6) is 0.582. The minimum atomic E-state index is -0.901. The third-order valence-corrected chi connectivity index (χ3v) is 5.21. The van der Waals surface area contributed by atoms with Gasteiger partial charge in [-0.1, -0.05) is 42.5 Å². The number of carbonyl (C=O) groups is 1. The van der Waals surface area contributed by atoms with E-state index in [-0.39, 0.29) is 0 Å². The molecule has 1 fully saturated rings. The molecule has 0 radical (unpaired) electrons. The Hall–Kier alpha value is -2.99. The number of aromatic nitrogens is 3. The van der Waals surface area contributed by atoms with Crippen molar-refractivity contribution in [3.05, 3.63) is 71.8 Å². The monoisotopic (exact) mass is 362 g/mol. The standard InChI is InChI=1S/C21H22N4O2/c1-24-14-22-23-20(24)17-10-11-25(13-17)12-15-6-8-16(9-7-15)18-4-2-3-5-19(18)21(26)27/h2-9,14,17H,10-13H2,1H3,(H,26,27)/t17-/m1/s1. The molecular weight excluding hydrogens is 340 g/mol. The van der Waals surface area contributed by atoms with E-state index in [1.807, 2.05) is 35.9 Å². The van der Waals surface area contributed by atoms with E-state index >= 15 is 0 Å². The maximum atomic E-state index is 11.4. The Kier molecular flexibility index (Phi) is 4.73. The van der Waals surface area contributed by atoms with Gasteiger partial charge in [-0.3, -0.25) is 4.90 Å². The van der Waals surface area contributed by atoms with Gasteiger partial charge in [-0.15, -0.1) is 10.2 Å². The van der Waals surface area contributed by atoms with Crippen molar-refractivity contribution in [3.8, 4) is 11.1 Å². The predicted octanol–water partition coefficient (Wildman–Crippen LogP) is 3.17. The van der Waals surface area contributed by atoms with Crippen LogP contribution in [-0.4, -0.2) is 43.8 Å². The van der Waals surface area contributed by atoms with E-state index in [1.165, 1.54) is 5.56 Å². The number of hydrogen-bond acceptors (Lipinski definition) is 4. The smallest absolute Gasteiger partial charge is 0.336 e. The SMILES string of the molecule is Cn1cnnc1[C@@H]1CCN(Cc2ccc(-c3ccccc3C(=O)O)cc2)C1. The van der Waals surface area contributed by atoms with Crippen LogP contribution in [0, 0.1) is 0 Å². The number of carboxylic acid groups (broad SMARTS) is 1. The van der Waals surface area contributed by atoms with E-state index in [2.05, 4.69) is 27.2 Å². The molecule has 1 aliphatic heterocycles. The molecule has 0 bridgehead atoms. The summed E-state index contributed by atoms with van der Waals surface area (Å²) in [6, 6.07) is 15.3. The Labute approximate surface area is 158 Å². The predicted molar refractivity (Wildman–Crippen MR) is 102 cm³/mol. The third kappa shape index (κ3) is 3.61. The average Bonchev–Trinajstić information content (AvgIpc) is 3.31. The zero-order chi connectivity index (χ0) is 18.8. The maximum absolute atomic E-state index is 11.4. The minimum absolute atomic E-state index is 0.330. The molecule has 0 spiro atoms. The minimum Gasteiger partial charge on any atom is -0.478 e. The van der Waals surface area contributed by atoms with Crippen molar-refractivity contribution >= 4 is 5.97 Å². The summed E-state index contributed by atoms with van der Waals surface area (Å²) in [5, 5.41) is 17.6. The van der Waals surface area contributed by atoms with Crippen molar-refractivity contribution < 1.29 is 9.90 Å². The Balaban J connectivity index is 1.45. The molecule has 27 heavy (non-hydrogen) atoms. The lowest BCUT2D eigenvalue weighted by atomic mass is 9.98. The number of hydrogen-bond donors (Lipinski definition) is 1. The van der Waals surface area contributed by atoms with E-state index in [4.69, 9.17) is 0 Å². The summed E-state index contributed by atoms with van der Waals surface area (Å²) in [5.41, 5.74) is 3.23. The molecule has 1 N–H and O–H groups in total. The van der Waals surface area contributed by atoms with Crippen LogP contribution in [0.5, 0.6) is 0 Å². The van der Waals surface area contributed by atoms with Gasteiger partial charge in [0.05, 0.1) is 5.56 Å². The summed E-state index contributed by atoms with van der Waals surface area (Å²) in [6.45, 7) is 2.91. The van der Waals surface area contributed by atoms with Crippen LogP contribution in [0.2, 0.25) is 0 Å². The van der Waals surface area contributed by atoms with Gasteiger partial charge >= 0.3 is 5.97 Å². The molecule has 138 valence electrons. The summed E-state index contributed by atoms with van der Waals surface area (Å²) < 4.78 is 2.00. The van der Waals surface area contributed by atoms with Gasteiger partial charge in [0.1, 0.15) is 12.2 Å². The van der Waals surface area contributed by atoms with Crippen molar-refractivity contribution in [1.82, 2.24) is 19.7 Å². The second-order valence-corrected chi connectivity index (χ2v) is 7.07. The van der Waals surface area contributed by atoms with Gasteiger partial charge in [-0.05, 0) is 35.7 Å². The lowest BCUT2D eigenvalue weighted by Crippen LogP contribution is -2.20. The maximum Gasteiger partial charge on any atom is 0.336 e. The van der Waals surface area contributed by atoms with E-state index in [9.17, 15) is 9.90 Å². The highest BCUT2D eigenvalue weighted by Gasteiger charge is 2.27. The Morgan fingerprint density at radius 2 is 1.96 bits per heavy atom. The number of rotatable bonds is 5.